The fraction of sp³-hybridized carbons (Fsp3) is 0.500. The van der Waals surface area contributed by atoms with Crippen molar-refractivity contribution in [3.8, 4) is 0 Å². The van der Waals surface area contributed by atoms with Gasteiger partial charge in [0.2, 0.25) is 11.8 Å². The molecule has 2 saturated heterocycles. The van der Waals surface area contributed by atoms with Crippen molar-refractivity contribution in [1.29, 1.82) is 0 Å². The highest BCUT2D eigenvalue weighted by Crippen LogP contribution is 2.39. The first-order chi connectivity index (χ1) is 16.3. The van der Waals surface area contributed by atoms with E-state index in [0.717, 1.165) is 10.4 Å². The Morgan fingerprint density at radius 1 is 1.15 bits per heavy atom. The molecule has 2 aliphatic rings. The second-order valence-electron chi connectivity index (χ2n) is 9.54. The van der Waals surface area contributed by atoms with Crippen LogP contribution in [0.15, 0.2) is 41.8 Å². The molecule has 4 rings (SSSR count). The molecule has 0 radical (unpaired) electrons. The zero-order valence-electron chi connectivity index (χ0n) is 20.1. The topological polar surface area (TPSA) is 79.0 Å². The molecule has 0 bridgehead atoms. The van der Waals surface area contributed by atoms with E-state index in [4.69, 9.17) is 4.74 Å². The van der Waals surface area contributed by atoms with Gasteiger partial charge in [-0.2, -0.15) is 0 Å². The zero-order valence-corrected chi connectivity index (χ0v) is 20.9. The lowest BCUT2D eigenvalue weighted by molar-refractivity contribution is -0.143. The van der Waals surface area contributed by atoms with Crippen LogP contribution in [-0.2, 0) is 20.7 Å². The second kappa shape index (κ2) is 10.3. The summed E-state index contributed by atoms with van der Waals surface area (Å²) in [6.07, 6.45) is 1.35. The summed E-state index contributed by atoms with van der Waals surface area (Å²) in [5, 5.41) is 4.94. The normalized spacial score (nSPS) is 19.6. The van der Waals surface area contributed by atoms with Crippen LogP contribution >= 0.6 is 11.3 Å². The van der Waals surface area contributed by atoms with E-state index in [9.17, 15) is 14.4 Å². The van der Waals surface area contributed by atoms with Gasteiger partial charge in [-0.05, 0) is 35.9 Å². The molecule has 0 unspecified atom stereocenters. The molecule has 1 N–H and O–H groups in total. The number of carbonyl (C=O) groups excluding carboxylic acids is 3. The molecule has 7 nitrogen and oxygen atoms in total. The van der Waals surface area contributed by atoms with E-state index >= 15 is 0 Å². The molecule has 182 valence electrons. The molecule has 1 atom stereocenters. The van der Waals surface area contributed by atoms with Gasteiger partial charge in [-0.3, -0.25) is 19.3 Å². The number of aryl methyl sites for hydroxylation is 1. The Labute approximate surface area is 205 Å². The zero-order chi connectivity index (χ0) is 24.3. The second-order valence-corrected chi connectivity index (χ2v) is 10.6. The standard InChI is InChI=1S/C26H33N3O4S/c1-18(2)16-27-24(31)22-17-33-26(29(22)25(32)21-9-5-4-7-19(21)3)10-12-28(13-11-26)23(30)15-20-8-6-14-34-20/h4-9,14,18,22H,10-13,15-17H2,1-3H3,(H,27,31)/t22-/m0/s1. The van der Waals surface area contributed by atoms with Crippen LogP contribution in [-0.4, -0.2) is 65.5 Å². The molecule has 1 aromatic heterocycles. The highest BCUT2D eigenvalue weighted by atomic mass is 32.1. The van der Waals surface area contributed by atoms with Gasteiger partial charge in [-0.15, -0.1) is 11.3 Å². The van der Waals surface area contributed by atoms with Gasteiger partial charge in [0.15, 0.2) is 0 Å². The number of nitrogens with one attached hydrogen (secondary N) is 1. The van der Waals surface area contributed by atoms with Crippen molar-refractivity contribution in [3.63, 3.8) is 0 Å². The van der Waals surface area contributed by atoms with E-state index in [-0.39, 0.29) is 24.3 Å². The minimum absolute atomic E-state index is 0.0818. The van der Waals surface area contributed by atoms with Gasteiger partial charge in [0.05, 0.1) is 13.0 Å². The van der Waals surface area contributed by atoms with Crippen LogP contribution in [0.1, 0.15) is 47.5 Å². The summed E-state index contributed by atoms with van der Waals surface area (Å²) >= 11 is 1.58. The molecule has 2 aliphatic heterocycles. The number of nitrogens with zero attached hydrogens (tertiary/aromatic N) is 2. The van der Waals surface area contributed by atoms with Crippen LogP contribution in [0.25, 0.3) is 0 Å². The average Bonchev–Trinajstić information content (AvgIpc) is 3.46. The minimum atomic E-state index is -0.890. The highest BCUT2D eigenvalue weighted by Gasteiger charge is 2.54. The van der Waals surface area contributed by atoms with Crippen molar-refractivity contribution in [3.05, 3.63) is 57.8 Å². The van der Waals surface area contributed by atoms with Crippen LogP contribution < -0.4 is 5.32 Å². The maximum atomic E-state index is 13.8. The monoisotopic (exact) mass is 483 g/mol. The summed E-state index contributed by atoms with van der Waals surface area (Å²) in [6, 6.07) is 10.7. The molecule has 34 heavy (non-hydrogen) atoms. The molecular weight excluding hydrogens is 450 g/mol. The van der Waals surface area contributed by atoms with E-state index in [0.29, 0.717) is 50.4 Å². The molecule has 0 saturated carbocycles. The summed E-state index contributed by atoms with van der Waals surface area (Å²) in [5.41, 5.74) is 0.545. The molecule has 1 spiro atoms. The van der Waals surface area contributed by atoms with Gasteiger partial charge in [-0.25, -0.2) is 0 Å². The Morgan fingerprint density at radius 2 is 1.88 bits per heavy atom. The third kappa shape index (κ3) is 5.03. The number of rotatable bonds is 6. The Bertz CT molecular complexity index is 1030. The first kappa shape index (κ1) is 24.4. The van der Waals surface area contributed by atoms with Crippen LogP contribution in [0.4, 0.5) is 0 Å². The predicted molar refractivity (Wildman–Crippen MR) is 132 cm³/mol. The Morgan fingerprint density at radius 3 is 2.53 bits per heavy atom. The van der Waals surface area contributed by atoms with E-state index in [2.05, 4.69) is 5.32 Å². The molecule has 2 fully saturated rings. The fourth-order valence-corrected chi connectivity index (χ4v) is 5.41. The number of ether oxygens (including phenoxy) is 1. The van der Waals surface area contributed by atoms with E-state index < -0.39 is 11.8 Å². The van der Waals surface area contributed by atoms with Gasteiger partial charge in [0.25, 0.3) is 5.91 Å². The van der Waals surface area contributed by atoms with Crippen molar-refractivity contribution in [1.82, 2.24) is 15.1 Å². The number of likely N-dealkylation sites (tertiary alicyclic amines) is 1. The summed E-state index contributed by atoms with van der Waals surface area (Å²) in [6.45, 7) is 7.64. The van der Waals surface area contributed by atoms with E-state index in [1.807, 2.05) is 61.4 Å². The van der Waals surface area contributed by atoms with Gasteiger partial charge in [0, 0.05) is 42.9 Å². The molecule has 0 aliphatic carbocycles. The Hall–Kier alpha value is -2.71. The summed E-state index contributed by atoms with van der Waals surface area (Å²) in [7, 11) is 0. The first-order valence-corrected chi connectivity index (χ1v) is 12.8. The number of thiophene rings is 1. The van der Waals surface area contributed by atoms with Crippen molar-refractivity contribution in [2.45, 2.75) is 51.8 Å². The number of amides is 3. The lowest BCUT2D eigenvalue weighted by Crippen LogP contribution is -2.60. The molecule has 3 amide bonds. The van der Waals surface area contributed by atoms with E-state index in [1.54, 1.807) is 22.3 Å². The van der Waals surface area contributed by atoms with E-state index in [1.165, 1.54) is 0 Å². The van der Waals surface area contributed by atoms with Crippen molar-refractivity contribution in [2.75, 3.05) is 26.2 Å². The van der Waals surface area contributed by atoms with Crippen molar-refractivity contribution < 1.29 is 19.1 Å². The quantitative estimate of drug-likeness (QED) is 0.684. The van der Waals surface area contributed by atoms with Crippen LogP contribution in [0.3, 0.4) is 0 Å². The molecule has 8 heteroatoms. The number of benzene rings is 1. The van der Waals surface area contributed by atoms with Crippen LogP contribution in [0, 0.1) is 12.8 Å². The van der Waals surface area contributed by atoms with Gasteiger partial charge < -0.3 is 15.0 Å². The maximum Gasteiger partial charge on any atom is 0.257 e. The smallest absolute Gasteiger partial charge is 0.257 e. The third-order valence-electron chi connectivity index (χ3n) is 6.65. The lowest BCUT2D eigenvalue weighted by Gasteiger charge is -2.44. The fourth-order valence-electron chi connectivity index (χ4n) is 4.71. The van der Waals surface area contributed by atoms with Crippen LogP contribution in [0.5, 0.6) is 0 Å². The molecule has 2 aromatic rings. The lowest BCUT2D eigenvalue weighted by atomic mass is 9.95. The SMILES string of the molecule is Cc1ccccc1C(=O)N1[C@H](C(=O)NCC(C)C)COC12CCN(C(=O)Cc1cccs1)CC2. The molecule has 3 heterocycles. The summed E-state index contributed by atoms with van der Waals surface area (Å²) in [4.78, 5) is 44.3. The summed E-state index contributed by atoms with van der Waals surface area (Å²) in [5.74, 6) is -0.000907. The minimum Gasteiger partial charge on any atom is -0.354 e. The maximum absolute atomic E-state index is 13.8. The predicted octanol–water partition coefficient (Wildman–Crippen LogP) is 3.23. The molecular formula is C26H33N3O4S. The summed E-state index contributed by atoms with van der Waals surface area (Å²) < 4.78 is 6.26. The van der Waals surface area contributed by atoms with Crippen molar-refractivity contribution >= 4 is 29.1 Å². The number of hydrogen-bond donors (Lipinski definition) is 1. The Kier molecular flexibility index (Phi) is 7.38. The van der Waals surface area contributed by atoms with Crippen molar-refractivity contribution in [2.24, 2.45) is 5.92 Å². The Balaban J connectivity index is 1.54. The highest BCUT2D eigenvalue weighted by molar-refractivity contribution is 7.10. The largest absolute Gasteiger partial charge is 0.354 e. The van der Waals surface area contributed by atoms with Crippen LogP contribution in [0.2, 0.25) is 0 Å². The van der Waals surface area contributed by atoms with Gasteiger partial charge in [0.1, 0.15) is 11.8 Å². The number of carbonyl (C=O) groups is 3. The number of hydrogen-bond acceptors (Lipinski definition) is 5. The van der Waals surface area contributed by atoms with Gasteiger partial charge in [-0.1, -0.05) is 38.1 Å². The number of piperidine rings is 1. The third-order valence-corrected chi connectivity index (χ3v) is 7.52. The van der Waals surface area contributed by atoms with Gasteiger partial charge >= 0.3 is 0 Å². The molecule has 1 aromatic carbocycles. The average molecular weight is 484 g/mol. The first-order valence-electron chi connectivity index (χ1n) is 11.9.